The van der Waals surface area contributed by atoms with Crippen molar-refractivity contribution in [3.05, 3.63) is 54.7 Å². The Balaban J connectivity index is 1.55. The molecule has 0 atom stereocenters. The number of benzene rings is 2. The van der Waals surface area contributed by atoms with Crippen LogP contribution in [0.2, 0.25) is 0 Å². The van der Waals surface area contributed by atoms with E-state index in [2.05, 4.69) is 21.2 Å². The van der Waals surface area contributed by atoms with Crippen LogP contribution in [0.15, 0.2) is 59.9 Å². The Morgan fingerprint density at radius 3 is 2.81 bits per heavy atom. The van der Waals surface area contributed by atoms with Crippen LogP contribution in [0.1, 0.15) is 12.8 Å². The first-order valence-electron chi connectivity index (χ1n) is 10.3. The molecular formula is C23H23N5O2S. The van der Waals surface area contributed by atoms with Gasteiger partial charge in [0.2, 0.25) is 5.91 Å². The average Bonchev–Trinajstić information content (AvgIpc) is 3.56. The molecule has 2 aromatic carbocycles. The number of hydrogen-bond donors (Lipinski definition) is 1. The summed E-state index contributed by atoms with van der Waals surface area (Å²) in [6, 6.07) is 15.9. The van der Waals surface area contributed by atoms with E-state index >= 15 is 0 Å². The number of likely N-dealkylation sites (tertiary alicyclic amines) is 1. The first-order chi connectivity index (χ1) is 15.2. The first kappa shape index (κ1) is 19.7. The van der Waals surface area contributed by atoms with Crippen LogP contribution in [-0.4, -0.2) is 56.5 Å². The predicted octanol–water partition coefficient (Wildman–Crippen LogP) is 4.14. The first-order valence-corrected chi connectivity index (χ1v) is 11.3. The van der Waals surface area contributed by atoms with Crippen molar-refractivity contribution in [2.24, 2.45) is 0 Å². The fraction of sp³-hybridized carbons (Fsp3) is 0.261. The molecule has 0 radical (unpaired) electrons. The second-order valence-corrected chi connectivity index (χ2v) is 8.41. The molecule has 0 aliphatic carbocycles. The van der Waals surface area contributed by atoms with Gasteiger partial charge < -0.3 is 14.6 Å². The van der Waals surface area contributed by atoms with E-state index in [1.54, 1.807) is 7.11 Å². The number of ether oxygens (including phenoxy) is 1. The van der Waals surface area contributed by atoms with Crippen molar-refractivity contribution in [3.63, 3.8) is 0 Å². The maximum Gasteiger partial charge on any atom is 0.233 e. The molecule has 1 saturated heterocycles. The molecule has 3 heterocycles. The minimum absolute atomic E-state index is 0.149. The minimum atomic E-state index is 0.149. The lowest BCUT2D eigenvalue weighted by Crippen LogP contribution is -2.29. The second kappa shape index (κ2) is 8.47. The predicted molar refractivity (Wildman–Crippen MR) is 122 cm³/mol. The lowest BCUT2D eigenvalue weighted by atomic mass is 10.1. The van der Waals surface area contributed by atoms with Crippen LogP contribution in [-0.2, 0) is 4.79 Å². The molecule has 31 heavy (non-hydrogen) atoms. The number of nitrogens with zero attached hydrogens (tertiary/aromatic N) is 4. The van der Waals surface area contributed by atoms with E-state index in [0.717, 1.165) is 59.7 Å². The van der Waals surface area contributed by atoms with Gasteiger partial charge in [-0.15, -0.1) is 10.2 Å². The Kier molecular flexibility index (Phi) is 5.38. The molecule has 4 aromatic rings. The highest BCUT2D eigenvalue weighted by Crippen LogP contribution is 2.33. The Morgan fingerprint density at radius 1 is 1.13 bits per heavy atom. The molecule has 1 aliphatic heterocycles. The fourth-order valence-electron chi connectivity index (χ4n) is 3.96. The third-order valence-corrected chi connectivity index (χ3v) is 6.47. The number of H-pyrrole nitrogens is 1. The average molecular weight is 434 g/mol. The van der Waals surface area contributed by atoms with Crippen LogP contribution in [0.5, 0.6) is 5.75 Å². The third kappa shape index (κ3) is 3.79. The Morgan fingerprint density at radius 2 is 1.97 bits per heavy atom. The Labute approximate surface area is 184 Å². The number of aromatic amines is 1. The van der Waals surface area contributed by atoms with Crippen LogP contribution in [0.4, 0.5) is 0 Å². The molecular weight excluding hydrogens is 410 g/mol. The summed E-state index contributed by atoms with van der Waals surface area (Å²) < 4.78 is 7.43. The molecule has 2 aromatic heterocycles. The number of amides is 1. The number of para-hydroxylation sites is 1. The Bertz CT molecular complexity index is 1230. The number of nitrogens with one attached hydrogen (secondary N) is 1. The van der Waals surface area contributed by atoms with Crippen LogP contribution < -0.4 is 4.74 Å². The quantitative estimate of drug-likeness (QED) is 0.463. The topological polar surface area (TPSA) is 76.0 Å². The van der Waals surface area contributed by atoms with Crippen LogP contribution in [0, 0.1) is 0 Å². The Hall–Kier alpha value is -3.26. The zero-order valence-electron chi connectivity index (χ0n) is 17.2. The number of aromatic nitrogens is 4. The van der Waals surface area contributed by atoms with Gasteiger partial charge in [-0.2, -0.15) is 0 Å². The fourth-order valence-corrected chi connectivity index (χ4v) is 4.82. The minimum Gasteiger partial charge on any atom is -0.497 e. The van der Waals surface area contributed by atoms with E-state index in [0.29, 0.717) is 10.9 Å². The number of fused-ring (bicyclic) bond motifs is 1. The lowest BCUT2D eigenvalue weighted by Gasteiger charge is -2.15. The summed E-state index contributed by atoms with van der Waals surface area (Å²) in [5, 5.41) is 10.7. The van der Waals surface area contributed by atoms with Crippen LogP contribution in [0.25, 0.3) is 28.0 Å². The molecule has 0 bridgehead atoms. The number of methoxy groups -OCH3 is 1. The summed E-state index contributed by atoms with van der Waals surface area (Å²) in [5.74, 6) is 1.97. The summed E-state index contributed by atoms with van der Waals surface area (Å²) in [4.78, 5) is 17.8. The van der Waals surface area contributed by atoms with Gasteiger partial charge in [0, 0.05) is 41.8 Å². The molecule has 0 spiro atoms. The van der Waals surface area contributed by atoms with Gasteiger partial charge in [-0.05, 0) is 31.0 Å². The largest absolute Gasteiger partial charge is 0.497 e. The summed E-state index contributed by atoms with van der Waals surface area (Å²) in [7, 11) is 1.65. The number of rotatable bonds is 6. The van der Waals surface area contributed by atoms with Gasteiger partial charge in [-0.25, -0.2) is 0 Å². The smallest absolute Gasteiger partial charge is 0.233 e. The van der Waals surface area contributed by atoms with E-state index in [-0.39, 0.29) is 5.91 Å². The van der Waals surface area contributed by atoms with Crippen molar-refractivity contribution >= 4 is 28.6 Å². The maximum absolute atomic E-state index is 12.6. The molecule has 5 rings (SSSR count). The second-order valence-electron chi connectivity index (χ2n) is 7.47. The molecule has 0 unspecified atom stereocenters. The van der Waals surface area contributed by atoms with E-state index in [4.69, 9.17) is 4.74 Å². The van der Waals surface area contributed by atoms with E-state index in [1.807, 2.05) is 58.1 Å². The van der Waals surface area contributed by atoms with Crippen LogP contribution >= 0.6 is 11.8 Å². The van der Waals surface area contributed by atoms with Gasteiger partial charge >= 0.3 is 0 Å². The van der Waals surface area contributed by atoms with Crippen molar-refractivity contribution in [2.45, 2.75) is 18.0 Å². The molecule has 1 fully saturated rings. The van der Waals surface area contributed by atoms with E-state index < -0.39 is 0 Å². The summed E-state index contributed by atoms with van der Waals surface area (Å²) in [5.41, 5.74) is 2.89. The lowest BCUT2D eigenvalue weighted by molar-refractivity contribution is -0.127. The molecule has 158 valence electrons. The van der Waals surface area contributed by atoms with Gasteiger partial charge in [0.05, 0.1) is 18.6 Å². The molecule has 1 amide bonds. The highest BCUT2D eigenvalue weighted by molar-refractivity contribution is 7.99. The highest BCUT2D eigenvalue weighted by atomic mass is 32.2. The summed E-state index contributed by atoms with van der Waals surface area (Å²) >= 11 is 1.42. The van der Waals surface area contributed by atoms with E-state index in [9.17, 15) is 4.79 Å². The van der Waals surface area contributed by atoms with Crippen molar-refractivity contribution in [1.29, 1.82) is 0 Å². The number of carbonyl (C=O) groups excluding carboxylic acids is 1. The zero-order valence-corrected chi connectivity index (χ0v) is 18.1. The van der Waals surface area contributed by atoms with Gasteiger partial charge in [0.15, 0.2) is 11.0 Å². The number of hydrogen-bond acceptors (Lipinski definition) is 5. The number of carbonyl (C=O) groups is 1. The molecule has 0 saturated carbocycles. The maximum atomic E-state index is 12.6. The third-order valence-electron chi connectivity index (χ3n) is 5.56. The molecule has 1 N–H and O–H groups in total. The summed E-state index contributed by atoms with van der Waals surface area (Å²) in [6.07, 6.45) is 4.12. The van der Waals surface area contributed by atoms with Crippen molar-refractivity contribution in [2.75, 3.05) is 26.0 Å². The normalized spacial score (nSPS) is 13.8. The van der Waals surface area contributed by atoms with Gasteiger partial charge in [0.25, 0.3) is 0 Å². The standard InChI is InChI=1S/C23H23N5O2S/c1-30-17-8-6-7-16(13-17)28-22(19-14-24-20-10-3-2-9-18(19)20)25-26-23(28)31-15-21(29)27-11-4-5-12-27/h2-3,6-10,13-14,24H,4-5,11-12,15H2,1H3. The molecule has 8 heteroatoms. The summed E-state index contributed by atoms with van der Waals surface area (Å²) in [6.45, 7) is 1.70. The monoisotopic (exact) mass is 433 g/mol. The van der Waals surface area contributed by atoms with Gasteiger partial charge in [0.1, 0.15) is 5.75 Å². The van der Waals surface area contributed by atoms with Crippen LogP contribution in [0.3, 0.4) is 0 Å². The van der Waals surface area contributed by atoms with Gasteiger partial charge in [-0.3, -0.25) is 9.36 Å². The zero-order chi connectivity index (χ0) is 21.2. The van der Waals surface area contributed by atoms with Crippen molar-refractivity contribution in [3.8, 4) is 22.8 Å². The SMILES string of the molecule is COc1cccc(-n2c(SCC(=O)N3CCCC3)nnc2-c2c[nH]c3ccccc23)c1. The highest BCUT2D eigenvalue weighted by Gasteiger charge is 2.22. The molecule has 7 nitrogen and oxygen atoms in total. The molecule has 1 aliphatic rings. The van der Waals surface area contributed by atoms with Crippen molar-refractivity contribution in [1.82, 2.24) is 24.6 Å². The van der Waals surface area contributed by atoms with E-state index in [1.165, 1.54) is 11.8 Å². The van der Waals surface area contributed by atoms with Gasteiger partial charge in [-0.1, -0.05) is 36.0 Å². The number of thioether (sulfide) groups is 1. The van der Waals surface area contributed by atoms with Crippen molar-refractivity contribution < 1.29 is 9.53 Å².